The summed E-state index contributed by atoms with van der Waals surface area (Å²) in [5.41, 5.74) is 2.68. The Bertz CT molecular complexity index is 922. The highest BCUT2D eigenvalue weighted by atomic mass is 32.2. The maximum absolute atomic E-state index is 12.6. The maximum atomic E-state index is 12.6. The van der Waals surface area contributed by atoms with Crippen LogP contribution in [-0.2, 0) is 9.59 Å². The Morgan fingerprint density at radius 2 is 1.74 bits per heavy atom. The van der Waals surface area contributed by atoms with E-state index in [1.165, 1.54) is 16.7 Å². The minimum absolute atomic E-state index is 0.0989. The van der Waals surface area contributed by atoms with E-state index < -0.39 is 0 Å². The summed E-state index contributed by atoms with van der Waals surface area (Å²) in [6.07, 6.45) is 3.80. The molecule has 0 radical (unpaired) electrons. The van der Waals surface area contributed by atoms with Crippen molar-refractivity contribution < 1.29 is 9.59 Å². The Morgan fingerprint density at radius 3 is 2.41 bits per heavy atom. The van der Waals surface area contributed by atoms with Crippen LogP contribution >= 0.6 is 24.0 Å². The zero-order valence-electron chi connectivity index (χ0n) is 14.7. The van der Waals surface area contributed by atoms with Crippen LogP contribution in [-0.4, -0.2) is 27.6 Å². The predicted molar refractivity (Wildman–Crippen MR) is 115 cm³/mol. The number of thiocarbonyl (C=S) groups is 1. The third-order valence-electron chi connectivity index (χ3n) is 3.79. The lowest BCUT2D eigenvalue weighted by Crippen LogP contribution is -2.36. The van der Waals surface area contributed by atoms with Crippen LogP contribution in [0.15, 0.2) is 77.2 Å². The first-order valence-corrected chi connectivity index (χ1v) is 9.59. The van der Waals surface area contributed by atoms with Gasteiger partial charge in [-0.05, 0) is 36.3 Å². The van der Waals surface area contributed by atoms with E-state index >= 15 is 0 Å². The van der Waals surface area contributed by atoms with Gasteiger partial charge in [0.15, 0.2) is 0 Å². The zero-order valence-corrected chi connectivity index (χ0v) is 16.3. The average molecular weight is 395 g/mol. The van der Waals surface area contributed by atoms with Crippen molar-refractivity contribution in [1.82, 2.24) is 4.90 Å². The van der Waals surface area contributed by atoms with Gasteiger partial charge in [-0.25, -0.2) is 0 Å². The van der Waals surface area contributed by atoms with E-state index in [1.807, 2.05) is 61.5 Å². The number of amides is 2. The van der Waals surface area contributed by atoms with Crippen LogP contribution < -0.4 is 5.32 Å². The molecule has 1 saturated heterocycles. The highest BCUT2D eigenvalue weighted by molar-refractivity contribution is 8.26. The normalized spacial score (nSPS) is 16.1. The van der Waals surface area contributed by atoms with Crippen molar-refractivity contribution in [2.75, 3.05) is 11.9 Å². The van der Waals surface area contributed by atoms with E-state index in [-0.39, 0.29) is 18.4 Å². The van der Waals surface area contributed by atoms with Crippen LogP contribution in [0.4, 0.5) is 5.69 Å². The lowest BCUT2D eigenvalue weighted by molar-refractivity contribution is -0.126. The molecule has 0 bridgehead atoms. The van der Waals surface area contributed by atoms with Crippen molar-refractivity contribution in [3.63, 3.8) is 0 Å². The van der Waals surface area contributed by atoms with Crippen molar-refractivity contribution >= 4 is 51.9 Å². The molecule has 4 nitrogen and oxygen atoms in total. The summed E-state index contributed by atoms with van der Waals surface area (Å²) in [5, 5.41) is 2.77. The highest BCUT2D eigenvalue weighted by Crippen LogP contribution is 2.32. The lowest BCUT2D eigenvalue weighted by atomic mass is 10.1. The Morgan fingerprint density at radius 1 is 1.11 bits per heavy atom. The minimum Gasteiger partial charge on any atom is -0.325 e. The fraction of sp³-hybridized carbons (Fsp3) is 0.0952. The number of para-hydroxylation sites is 1. The molecular weight excluding hydrogens is 376 g/mol. The van der Waals surface area contributed by atoms with Gasteiger partial charge in [0.25, 0.3) is 5.91 Å². The Kier molecular flexibility index (Phi) is 6.21. The summed E-state index contributed by atoms with van der Waals surface area (Å²) < 4.78 is 0.391. The molecule has 1 aliphatic rings. The summed E-state index contributed by atoms with van der Waals surface area (Å²) in [4.78, 5) is 26.7. The van der Waals surface area contributed by atoms with Gasteiger partial charge in [-0.3, -0.25) is 14.5 Å². The average Bonchev–Trinajstić information content (AvgIpc) is 2.90. The van der Waals surface area contributed by atoms with Gasteiger partial charge in [-0.1, -0.05) is 78.6 Å². The molecule has 0 atom stereocenters. The maximum Gasteiger partial charge on any atom is 0.266 e. The van der Waals surface area contributed by atoms with Gasteiger partial charge in [0.05, 0.1) is 4.91 Å². The van der Waals surface area contributed by atoms with E-state index in [9.17, 15) is 9.59 Å². The third kappa shape index (κ3) is 5.15. The number of thioether (sulfide) groups is 1. The third-order valence-corrected chi connectivity index (χ3v) is 5.16. The van der Waals surface area contributed by atoms with Crippen molar-refractivity contribution in [3.05, 3.63) is 82.8 Å². The number of hydrogen-bond donors (Lipinski definition) is 1. The van der Waals surface area contributed by atoms with Gasteiger partial charge in [0.2, 0.25) is 5.91 Å². The summed E-state index contributed by atoms with van der Waals surface area (Å²) in [5.74, 6) is -0.524. The predicted octanol–water partition coefficient (Wildman–Crippen LogP) is 4.47. The van der Waals surface area contributed by atoms with Crippen LogP contribution in [0, 0.1) is 0 Å². The molecule has 2 aromatic carbocycles. The molecule has 0 saturated carbocycles. The van der Waals surface area contributed by atoms with Crippen molar-refractivity contribution in [2.24, 2.45) is 0 Å². The number of nitrogens with zero attached hydrogens (tertiary/aromatic N) is 1. The number of allylic oxidation sites excluding steroid dienone is 2. The molecule has 0 spiro atoms. The molecule has 6 heteroatoms. The van der Waals surface area contributed by atoms with Crippen molar-refractivity contribution in [3.8, 4) is 0 Å². The zero-order chi connectivity index (χ0) is 19.2. The highest BCUT2D eigenvalue weighted by Gasteiger charge is 2.33. The number of benzene rings is 2. The molecule has 27 heavy (non-hydrogen) atoms. The monoisotopic (exact) mass is 394 g/mol. The first kappa shape index (κ1) is 19.1. The quantitative estimate of drug-likeness (QED) is 0.600. The molecular formula is C21H18N2O2S2. The van der Waals surface area contributed by atoms with Gasteiger partial charge in [0, 0.05) is 5.69 Å². The fourth-order valence-electron chi connectivity index (χ4n) is 2.56. The second-order valence-electron chi connectivity index (χ2n) is 5.98. The molecule has 1 fully saturated rings. The van der Waals surface area contributed by atoms with Crippen LogP contribution in [0.3, 0.4) is 0 Å². The fourth-order valence-corrected chi connectivity index (χ4v) is 3.87. The molecule has 1 heterocycles. The molecule has 1 N–H and O–H groups in total. The van der Waals surface area contributed by atoms with E-state index in [2.05, 4.69) is 5.32 Å². The van der Waals surface area contributed by atoms with Crippen LogP contribution in [0.2, 0.25) is 0 Å². The van der Waals surface area contributed by atoms with Crippen molar-refractivity contribution in [1.29, 1.82) is 0 Å². The molecule has 1 aliphatic heterocycles. The van der Waals surface area contributed by atoms with Gasteiger partial charge in [-0.15, -0.1) is 0 Å². The number of anilines is 1. The molecule has 0 unspecified atom stereocenters. The van der Waals surface area contributed by atoms with Gasteiger partial charge in [-0.2, -0.15) is 0 Å². The topological polar surface area (TPSA) is 49.4 Å². The number of rotatable bonds is 5. The van der Waals surface area contributed by atoms with E-state index in [0.717, 1.165) is 11.1 Å². The number of hydrogen-bond acceptors (Lipinski definition) is 4. The second kappa shape index (κ2) is 8.79. The lowest BCUT2D eigenvalue weighted by Gasteiger charge is -2.14. The summed E-state index contributed by atoms with van der Waals surface area (Å²) in [6, 6.07) is 19.0. The first-order chi connectivity index (χ1) is 13.0. The van der Waals surface area contributed by atoms with Crippen LogP contribution in [0.1, 0.15) is 12.5 Å². The Labute approximate surface area is 168 Å². The number of carbonyl (C=O) groups is 2. The van der Waals surface area contributed by atoms with E-state index in [4.69, 9.17) is 12.2 Å². The second-order valence-corrected chi connectivity index (χ2v) is 7.66. The van der Waals surface area contributed by atoms with Crippen LogP contribution in [0.5, 0.6) is 0 Å². The summed E-state index contributed by atoms with van der Waals surface area (Å²) in [6.45, 7) is 1.83. The Hall–Kier alpha value is -2.70. The van der Waals surface area contributed by atoms with E-state index in [1.54, 1.807) is 18.2 Å². The summed E-state index contributed by atoms with van der Waals surface area (Å²) >= 11 is 6.50. The van der Waals surface area contributed by atoms with E-state index in [0.29, 0.717) is 14.9 Å². The molecule has 0 aliphatic carbocycles. The Balaban J connectivity index is 1.67. The molecule has 136 valence electrons. The minimum atomic E-state index is -0.282. The molecule has 0 aromatic heterocycles. The molecule has 3 rings (SSSR count). The standard InChI is InChI=1S/C21H18N2O2S2/c1-15(12-16-8-4-2-5-9-16)13-18-20(25)23(21(26)27-18)14-19(24)22-17-10-6-3-7-11-17/h2-13H,14H2,1H3,(H,22,24). The van der Waals surface area contributed by atoms with Gasteiger partial charge >= 0.3 is 0 Å². The SMILES string of the molecule is CC(=Cc1ccccc1)C=C1SC(=S)N(CC(=O)Nc2ccccc2)C1=O. The molecule has 2 amide bonds. The number of nitrogens with one attached hydrogen (secondary N) is 1. The van der Waals surface area contributed by atoms with Crippen molar-refractivity contribution in [2.45, 2.75) is 6.92 Å². The first-order valence-electron chi connectivity index (χ1n) is 8.36. The van der Waals surface area contributed by atoms with Crippen LogP contribution in [0.25, 0.3) is 6.08 Å². The largest absolute Gasteiger partial charge is 0.325 e. The summed E-state index contributed by atoms with van der Waals surface area (Å²) in [7, 11) is 0. The smallest absolute Gasteiger partial charge is 0.266 e. The van der Waals surface area contributed by atoms with Gasteiger partial charge < -0.3 is 5.32 Å². The van der Waals surface area contributed by atoms with Gasteiger partial charge in [0.1, 0.15) is 10.9 Å². The molecule has 2 aromatic rings. The number of carbonyl (C=O) groups excluding carboxylic acids is 2.